The standard InChI is InChI=1S/C22H18BrFO2/c23-15-16-9-12-18(13-10-16)26-22(25)14-11-17-5-1-2-6-19(17)20-7-3-4-8-21(20)24/h1-10,12-13H,11,14-15H2. The average molecular weight is 413 g/mol. The van der Waals surface area contributed by atoms with E-state index in [-0.39, 0.29) is 18.2 Å². The van der Waals surface area contributed by atoms with Crippen LogP contribution >= 0.6 is 15.9 Å². The summed E-state index contributed by atoms with van der Waals surface area (Å²) in [5.74, 6) is -0.0450. The number of carbonyl (C=O) groups is 1. The Morgan fingerprint density at radius 2 is 1.54 bits per heavy atom. The van der Waals surface area contributed by atoms with Gasteiger partial charge in [-0.1, -0.05) is 70.5 Å². The molecular weight excluding hydrogens is 395 g/mol. The number of hydrogen-bond donors (Lipinski definition) is 0. The number of esters is 1. The van der Waals surface area contributed by atoms with Crippen molar-refractivity contribution in [3.8, 4) is 16.9 Å². The summed E-state index contributed by atoms with van der Waals surface area (Å²) in [6.45, 7) is 0. The molecule has 0 radical (unpaired) electrons. The molecule has 0 aliphatic heterocycles. The maximum Gasteiger partial charge on any atom is 0.311 e. The monoisotopic (exact) mass is 412 g/mol. The van der Waals surface area contributed by atoms with Gasteiger partial charge in [0.15, 0.2) is 0 Å². The number of rotatable bonds is 6. The molecule has 0 aromatic heterocycles. The topological polar surface area (TPSA) is 26.3 Å². The van der Waals surface area contributed by atoms with Crippen molar-refractivity contribution in [2.75, 3.05) is 0 Å². The van der Waals surface area contributed by atoms with Crippen LogP contribution in [0.5, 0.6) is 5.75 Å². The second-order valence-electron chi connectivity index (χ2n) is 5.89. The largest absolute Gasteiger partial charge is 0.427 e. The highest BCUT2D eigenvalue weighted by Crippen LogP contribution is 2.27. The predicted octanol–water partition coefficient (Wildman–Crippen LogP) is 5.93. The molecule has 0 amide bonds. The van der Waals surface area contributed by atoms with Crippen molar-refractivity contribution in [3.63, 3.8) is 0 Å². The van der Waals surface area contributed by atoms with Crippen molar-refractivity contribution in [1.82, 2.24) is 0 Å². The molecule has 26 heavy (non-hydrogen) atoms. The summed E-state index contributed by atoms with van der Waals surface area (Å²) in [4.78, 5) is 12.1. The normalized spacial score (nSPS) is 10.5. The third-order valence-corrected chi connectivity index (χ3v) is 4.74. The SMILES string of the molecule is O=C(CCc1ccccc1-c1ccccc1F)Oc1ccc(CBr)cc1. The first-order valence-corrected chi connectivity index (χ1v) is 9.48. The smallest absolute Gasteiger partial charge is 0.311 e. The van der Waals surface area contributed by atoms with E-state index in [9.17, 15) is 9.18 Å². The second kappa shape index (κ2) is 8.77. The van der Waals surface area contributed by atoms with Gasteiger partial charge in [-0.2, -0.15) is 0 Å². The Kier molecular flexibility index (Phi) is 6.18. The summed E-state index contributed by atoms with van der Waals surface area (Å²) in [6, 6.07) is 21.6. The van der Waals surface area contributed by atoms with E-state index in [0.29, 0.717) is 17.7 Å². The summed E-state index contributed by atoms with van der Waals surface area (Å²) in [6.07, 6.45) is 0.717. The Labute approximate surface area is 160 Å². The summed E-state index contributed by atoms with van der Waals surface area (Å²) in [5.41, 5.74) is 3.38. The fourth-order valence-electron chi connectivity index (χ4n) is 2.75. The Morgan fingerprint density at radius 1 is 0.885 bits per heavy atom. The van der Waals surface area contributed by atoms with Crippen molar-refractivity contribution in [2.45, 2.75) is 18.2 Å². The fourth-order valence-corrected chi connectivity index (χ4v) is 3.12. The quantitative estimate of drug-likeness (QED) is 0.285. The van der Waals surface area contributed by atoms with E-state index < -0.39 is 0 Å². The van der Waals surface area contributed by atoms with Crippen LogP contribution in [0.15, 0.2) is 72.8 Å². The Hall–Kier alpha value is -2.46. The molecule has 2 nitrogen and oxygen atoms in total. The van der Waals surface area contributed by atoms with Crippen LogP contribution in [0.4, 0.5) is 4.39 Å². The third kappa shape index (κ3) is 4.58. The van der Waals surface area contributed by atoms with E-state index in [0.717, 1.165) is 22.0 Å². The minimum atomic E-state index is -0.306. The lowest BCUT2D eigenvalue weighted by Gasteiger charge is -2.10. The van der Waals surface area contributed by atoms with Crippen LogP contribution in [0.1, 0.15) is 17.5 Å². The molecule has 0 fully saturated rings. The number of alkyl halides is 1. The highest BCUT2D eigenvalue weighted by molar-refractivity contribution is 9.08. The number of ether oxygens (including phenoxy) is 1. The zero-order valence-electron chi connectivity index (χ0n) is 14.1. The van der Waals surface area contributed by atoms with E-state index in [2.05, 4.69) is 15.9 Å². The van der Waals surface area contributed by atoms with Crippen LogP contribution in [0.2, 0.25) is 0 Å². The molecule has 3 aromatic carbocycles. The van der Waals surface area contributed by atoms with Crippen LogP contribution in [-0.2, 0) is 16.5 Å². The molecule has 3 aromatic rings. The van der Waals surface area contributed by atoms with Crippen LogP contribution < -0.4 is 4.74 Å². The lowest BCUT2D eigenvalue weighted by molar-refractivity contribution is -0.134. The predicted molar refractivity (Wildman–Crippen MR) is 105 cm³/mol. The molecule has 4 heteroatoms. The van der Waals surface area contributed by atoms with E-state index in [1.54, 1.807) is 30.3 Å². The number of carbonyl (C=O) groups excluding carboxylic acids is 1. The number of hydrogen-bond acceptors (Lipinski definition) is 2. The molecule has 0 spiro atoms. The number of benzene rings is 3. The van der Waals surface area contributed by atoms with Gasteiger partial charge in [0.1, 0.15) is 11.6 Å². The molecule has 0 unspecified atom stereocenters. The van der Waals surface area contributed by atoms with Crippen LogP contribution in [0.3, 0.4) is 0 Å². The summed E-state index contributed by atoms with van der Waals surface area (Å²) in [7, 11) is 0. The van der Waals surface area contributed by atoms with Gasteiger partial charge in [-0.25, -0.2) is 4.39 Å². The van der Waals surface area contributed by atoms with E-state index in [1.807, 2.05) is 36.4 Å². The molecule has 0 aliphatic rings. The van der Waals surface area contributed by atoms with Gasteiger partial charge >= 0.3 is 5.97 Å². The molecule has 0 N–H and O–H groups in total. The lowest BCUT2D eigenvalue weighted by atomic mass is 9.96. The summed E-state index contributed by atoms with van der Waals surface area (Å²) < 4.78 is 19.5. The molecule has 0 bridgehead atoms. The lowest BCUT2D eigenvalue weighted by Crippen LogP contribution is -2.09. The van der Waals surface area contributed by atoms with Gasteiger partial charge in [0, 0.05) is 10.9 Å². The maximum atomic E-state index is 14.1. The van der Waals surface area contributed by atoms with Gasteiger partial charge in [-0.05, 0) is 41.3 Å². The van der Waals surface area contributed by atoms with Gasteiger partial charge in [0.25, 0.3) is 0 Å². The van der Waals surface area contributed by atoms with Crippen LogP contribution in [0, 0.1) is 5.82 Å². The van der Waals surface area contributed by atoms with Crippen LogP contribution in [0.25, 0.3) is 11.1 Å². The highest BCUT2D eigenvalue weighted by atomic mass is 79.9. The minimum Gasteiger partial charge on any atom is -0.427 e. The van der Waals surface area contributed by atoms with Crippen molar-refractivity contribution in [3.05, 3.63) is 89.7 Å². The van der Waals surface area contributed by atoms with E-state index >= 15 is 0 Å². The van der Waals surface area contributed by atoms with E-state index in [4.69, 9.17) is 4.74 Å². The molecule has 0 saturated heterocycles. The summed E-state index contributed by atoms with van der Waals surface area (Å²) >= 11 is 3.38. The first-order valence-electron chi connectivity index (χ1n) is 8.36. The average Bonchev–Trinajstić information content (AvgIpc) is 2.68. The Morgan fingerprint density at radius 3 is 2.23 bits per heavy atom. The van der Waals surface area contributed by atoms with Crippen molar-refractivity contribution in [1.29, 1.82) is 0 Å². The second-order valence-corrected chi connectivity index (χ2v) is 6.45. The number of aryl methyl sites for hydroxylation is 1. The van der Waals surface area contributed by atoms with Gasteiger partial charge < -0.3 is 4.74 Å². The molecule has 132 valence electrons. The molecule has 0 aliphatic carbocycles. The van der Waals surface area contributed by atoms with Crippen molar-refractivity contribution >= 4 is 21.9 Å². The van der Waals surface area contributed by atoms with E-state index in [1.165, 1.54) is 6.07 Å². The van der Waals surface area contributed by atoms with Gasteiger partial charge in [-0.3, -0.25) is 4.79 Å². The number of halogens is 2. The van der Waals surface area contributed by atoms with Gasteiger partial charge in [0.2, 0.25) is 0 Å². The zero-order chi connectivity index (χ0) is 18.4. The highest BCUT2D eigenvalue weighted by Gasteiger charge is 2.11. The van der Waals surface area contributed by atoms with Crippen LogP contribution in [-0.4, -0.2) is 5.97 Å². The Bertz CT molecular complexity index is 891. The summed E-state index contributed by atoms with van der Waals surface area (Å²) in [5, 5.41) is 0.758. The first-order chi connectivity index (χ1) is 12.7. The van der Waals surface area contributed by atoms with Gasteiger partial charge in [-0.15, -0.1) is 0 Å². The first kappa shape index (κ1) is 18.3. The van der Waals surface area contributed by atoms with Gasteiger partial charge in [0.05, 0.1) is 6.42 Å². The molecule has 3 rings (SSSR count). The molecule has 0 saturated carbocycles. The van der Waals surface area contributed by atoms with Crippen molar-refractivity contribution < 1.29 is 13.9 Å². The maximum absolute atomic E-state index is 14.1. The zero-order valence-corrected chi connectivity index (χ0v) is 15.7. The molecule has 0 heterocycles. The fraction of sp³-hybridized carbons (Fsp3) is 0.136. The van der Waals surface area contributed by atoms with Crippen molar-refractivity contribution in [2.24, 2.45) is 0 Å². The third-order valence-electron chi connectivity index (χ3n) is 4.09. The molecule has 0 atom stereocenters. The Balaban J connectivity index is 1.68. The molecular formula is C22H18BrFO2. The minimum absolute atomic E-state index is 0.228.